The van der Waals surface area contributed by atoms with Crippen LogP contribution in [0.4, 0.5) is 0 Å². The van der Waals surface area contributed by atoms with E-state index in [-0.39, 0.29) is 17.8 Å². The zero-order valence-electron chi connectivity index (χ0n) is 15.5. The molecule has 0 aliphatic heterocycles. The molecule has 1 atom stereocenters. The Morgan fingerprint density at radius 2 is 1.50 bits per heavy atom. The molecule has 0 amide bonds. The SMILES string of the molecule is CC(C)c1cccc(C(C)C)c1OC(=O)COC(=O)[C@@H](N)C(C)C. The molecule has 24 heavy (non-hydrogen) atoms. The van der Waals surface area contributed by atoms with Gasteiger partial charge < -0.3 is 15.2 Å². The highest BCUT2D eigenvalue weighted by Crippen LogP contribution is 2.34. The molecule has 0 aliphatic rings. The Bertz CT molecular complexity index is 552. The summed E-state index contributed by atoms with van der Waals surface area (Å²) in [4.78, 5) is 23.9. The minimum absolute atomic E-state index is 0.0530. The van der Waals surface area contributed by atoms with Crippen molar-refractivity contribution in [3.05, 3.63) is 29.3 Å². The van der Waals surface area contributed by atoms with Crippen LogP contribution in [0.2, 0.25) is 0 Å². The van der Waals surface area contributed by atoms with Gasteiger partial charge in [-0.15, -0.1) is 0 Å². The molecule has 134 valence electrons. The first-order chi connectivity index (χ1) is 11.1. The fourth-order valence-electron chi connectivity index (χ4n) is 2.24. The lowest BCUT2D eigenvalue weighted by molar-refractivity contribution is -0.155. The van der Waals surface area contributed by atoms with Gasteiger partial charge in [-0.1, -0.05) is 59.7 Å². The van der Waals surface area contributed by atoms with Crippen molar-refractivity contribution >= 4 is 11.9 Å². The molecule has 0 heterocycles. The third kappa shape index (κ3) is 5.34. The van der Waals surface area contributed by atoms with E-state index < -0.39 is 24.6 Å². The second-order valence-corrected chi connectivity index (χ2v) is 6.93. The number of hydrogen-bond acceptors (Lipinski definition) is 5. The zero-order chi connectivity index (χ0) is 18.4. The maximum absolute atomic E-state index is 12.1. The monoisotopic (exact) mass is 335 g/mol. The molecule has 0 unspecified atom stereocenters. The highest BCUT2D eigenvalue weighted by molar-refractivity contribution is 5.81. The van der Waals surface area contributed by atoms with Gasteiger partial charge in [0.05, 0.1) is 0 Å². The summed E-state index contributed by atoms with van der Waals surface area (Å²) in [5.74, 6) is -0.260. The van der Waals surface area contributed by atoms with Crippen LogP contribution in [0, 0.1) is 5.92 Å². The molecular formula is C19H29NO4. The van der Waals surface area contributed by atoms with Crippen molar-refractivity contribution in [2.24, 2.45) is 11.7 Å². The average Bonchev–Trinajstić information content (AvgIpc) is 2.51. The Hall–Kier alpha value is -1.88. The van der Waals surface area contributed by atoms with Gasteiger partial charge in [-0.2, -0.15) is 0 Å². The summed E-state index contributed by atoms with van der Waals surface area (Å²) in [6.07, 6.45) is 0. The summed E-state index contributed by atoms with van der Waals surface area (Å²) in [7, 11) is 0. The highest BCUT2D eigenvalue weighted by Gasteiger charge is 2.22. The summed E-state index contributed by atoms with van der Waals surface area (Å²) in [5, 5.41) is 0. The molecular weight excluding hydrogens is 306 g/mol. The first kappa shape index (κ1) is 20.2. The Balaban J connectivity index is 2.85. The minimum Gasteiger partial charge on any atom is -0.452 e. The number of nitrogens with two attached hydrogens (primary N) is 1. The van der Waals surface area contributed by atoms with E-state index >= 15 is 0 Å². The Morgan fingerprint density at radius 1 is 1.00 bits per heavy atom. The van der Waals surface area contributed by atoms with Crippen LogP contribution in [-0.4, -0.2) is 24.6 Å². The number of carbonyl (C=O) groups is 2. The molecule has 0 fully saturated rings. The van der Waals surface area contributed by atoms with E-state index in [1.165, 1.54) is 0 Å². The summed E-state index contributed by atoms with van der Waals surface area (Å²) in [6, 6.07) is 5.11. The normalized spacial score (nSPS) is 12.6. The van der Waals surface area contributed by atoms with Gasteiger partial charge in [0.1, 0.15) is 11.8 Å². The number of hydrogen-bond donors (Lipinski definition) is 1. The van der Waals surface area contributed by atoms with Crippen LogP contribution < -0.4 is 10.5 Å². The number of para-hydroxylation sites is 1. The fraction of sp³-hybridized carbons (Fsp3) is 0.579. The van der Waals surface area contributed by atoms with Crippen LogP contribution in [-0.2, 0) is 14.3 Å². The molecule has 1 aromatic rings. The molecule has 0 saturated heterocycles. The number of esters is 2. The number of carbonyl (C=O) groups excluding carboxylic acids is 2. The molecule has 0 spiro atoms. The van der Waals surface area contributed by atoms with Crippen LogP contribution in [0.1, 0.15) is 64.5 Å². The van der Waals surface area contributed by atoms with Gasteiger partial charge in [0.15, 0.2) is 6.61 Å². The third-order valence-electron chi connectivity index (χ3n) is 3.86. The van der Waals surface area contributed by atoms with E-state index in [0.717, 1.165) is 11.1 Å². The lowest BCUT2D eigenvalue weighted by Gasteiger charge is -2.19. The summed E-state index contributed by atoms with van der Waals surface area (Å²) < 4.78 is 10.5. The van der Waals surface area contributed by atoms with Gasteiger partial charge in [-0.3, -0.25) is 4.79 Å². The van der Waals surface area contributed by atoms with Gasteiger partial charge in [0.2, 0.25) is 0 Å². The van der Waals surface area contributed by atoms with Gasteiger partial charge in [-0.05, 0) is 28.9 Å². The maximum atomic E-state index is 12.1. The molecule has 5 nitrogen and oxygen atoms in total. The quantitative estimate of drug-likeness (QED) is 0.610. The van der Waals surface area contributed by atoms with E-state index in [1.54, 1.807) is 0 Å². The fourth-order valence-corrected chi connectivity index (χ4v) is 2.24. The van der Waals surface area contributed by atoms with Gasteiger partial charge in [0, 0.05) is 0 Å². The van der Waals surface area contributed by atoms with Gasteiger partial charge in [0.25, 0.3) is 0 Å². The van der Waals surface area contributed by atoms with E-state index in [4.69, 9.17) is 15.2 Å². The first-order valence-electron chi connectivity index (χ1n) is 8.40. The number of rotatable bonds is 7. The first-order valence-corrected chi connectivity index (χ1v) is 8.40. The van der Waals surface area contributed by atoms with E-state index in [9.17, 15) is 9.59 Å². The molecule has 0 saturated carbocycles. The van der Waals surface area contributed by atoms with Gasteiger partial charge in [-0.25, -0.2) is 4.79 Å². The van der Waals surface area contributed by atoms with Crippen LogP contribution in [0.15, 0.2) is 18.2 Å². The van der Waals surface area contributed by atoms with E-state index in [2.05, 4.69) is 0 Å². The zero-order valence-corrected chi connectivity index (χ0v) is 15.5. The molecule has 2 N–H and O–H groups in total. The maximum Gasteiger partial charge on any atom is 0.349 e. The van der Waals surface area contributed by atoms with Crippen LogP contribution >= 0.6 is 0 Å². The van der Waals surface area contributed by atoms with Crippen LogP contribution in [0.3, 0.4) is 0 Å². The number of benzene rings is 1. The van der Waals surface area contributed by atoms with Crippen molar-refractivity contribution < 1.29 is 19.1 Å². The van der Waals surface area contributed by atoms with E-state index in [1.807, 2.05) is 59.7 Å². The highest BCUT2D eigenvalue weighted by atomic mass is 16.6. The Morgan fingerprint density at radius 3 is 1.92 bits per heavy atom. The van der Waals surface area contributed by atoms with Crippen LogP contribution in [0.25, 0.3) is 0 Å². The second kappa shape index (κ2) is 8.83. The lowest BCUT2D eigenvalue weighted by Crippen LogP contribution is -2.38. The largest absolute Gasteiger partial charge is 0.452 e. The molecule has 0 bridgehead atoms. The number of ether oxygens (including phenoxy) is 2. The molecule has 0 aromatic heterocycles. The average molecular weight is 335 g/mol. The van der Waals surface area contributed by atoms with Crippen LogP contribution in [0.5, 0.6) is 5.75 Å². The topological polar surface area (TPSA) is 78.6 Å². The van der Waals surface area contributed by atoms with Crippen molar-refractivity contribution in [2.75, 3.05) is 6.61 Å². The lowest BCUT2D eigenvalue weighted by atomic mass is 9.94. The molecule has 5 heteroatoms. The summed E-state index contributed by atoms with van der Waals surface area (Å²) in [5.41, 5.74) is 7.62. The smallest absolute Gasteiger partial charge is 0.349 e. The predicted molar refractivity (Wildman–Crippen MR) is 94.0 cm³/mol. The standard InChI is InChI=1S/C19H29NO4/c1-11(2)14-8-7-9-15(12(3)4)18(14)24-16(21)10-23-19(22)17(20)13(5)6/h7-9,11-13,17H,10,20H2,1-6H3/t17-/m0/s1. The van der Waals surface area contributed by atoms with Crippen molar-refractivity contribution in [3.63, 3.8) is 0 Å². The summed E-state index contributed by atoms with van der Waals surface area (Å²) >= 11 is 0. The molecule has 1 aromatic carbocycles. The summed E-state index contributed by atoms with van der Waals surface area (Å²) in [6.45, 7) is 11.4. The Kier molecular flexibility index (Phi) is 7.42. The predicted octanol–water partition coefficient (Wildman–Crippen LogP) is 3.37. The van der Waals surface area contributed by atoms with E-state index in [0.29, 0.717) is 5.75 Å². The Labute approximate surface area is 144 Å². The molecule has 0 radical (unpaired) electrons. The third-order valence-corrected chi connectivity index (χ3v) is 3.86. The van der Waals surface area contributed by atoms with Gasteiger partial charge >= 0.3 is 11.9 Å². The molecule has 1 rings (SSSR count). The van der Waals surface area contributed by atoms with Crippen molar-refractivity contribution in [3.8, 4) is 5.75 Å². The second-order valence-electron chi connectivity index (χ2n) is 6.93. The molecule has 0 aliphatic carbocycles. The van der Waals surface area contributed by atoms with Crippen molar-refractivity contribution in [1.29, 1.82) is 0 Å². The van der Waals surface area contributed by atoms with Crippen molar-refractivity contribution in [1.82, 2.24) is 0 Å². The van der Waals surface area contributed by atoms with Crippen molar-refractivity contribution in [2.45, 2.75) is 59.4 Å². The minimum atomic E-state index is -0.744.